The van der Waals surface area contributed by atoms with Crippen LogP contribution in [0.5, 0.6) is 0 Å². The van der Waals surface area contributed by atoms with Gasteiger partial charge in [0.15, 0.2) is 5.82 Å². The molecule has 2 spiro atoms. The summed E-state index contributed by atoms with van der Waals surface area (Å²) in [7, 11) is 0. The molecule has 69 heavy (non-hydrogen) atoms. The van der Waals surface area contributed by atoms with Gasteiger partial charge in [-0.05, 0) is 108 Å². The Bertz CT molecular complexity index is 3920. The number of hydrogen-bond donors (Lipinski definition) is 0. The molecule has 10 aromatic carbocycles. The lowest BCUT2D eigenvalue weighted by molar-refractivity contribution is 0.633. The summed E-state index contributed by atoms with van der Waals surface area (Å²) in [6.07, 6.45) is 0. The molecule has 0 fully saturated rings. The van der Waals surface area contributed by atoms with Crippen molar-refractivity contribution in [3.8, 4) is 67.3 Å². The Balaban J connectivity index is 0.949. The Morgan fingerprint density at radius 3 is 1.33 bits per heavy atom. The molecule has 2 aromatic heterocycles. The van der Waals surface area contributed by atoms with Gasteiger partial charge in [0.05, 0.1) is 22.2 Å². The van der Waals surface area contributed by atoms with E-state index >= 15 is 0 Å². The van der Waals surface area contributed by atoms with Gasteiger partial charge in [0, 0.05) is 27.5 Å². The number of nitrogens with zero attached hydrogens (tertiary/aromatic N) is 2. The highest BCUT2D eigenvalue weighted by Crippen LogP contribution is 2.68. The second-order valence-electron chi connectivity index (χ2n) is 18.7. The number of hydrogen-bond acceptors (Lipinski definition) is 3. The molecule has 0 bridgehead atoms. The van der Waals surface area contributed by atoms with E-state index in [4.69, 9.17) is 14.4 Å². The van der Waals surface area contributed by atoms with Crippen molar-refractivity contribution >= 4 is 21.9 Å². The Morgan fingerprint density at radius 1 is 0.261 bits per heavy atom. The fraction of sp³-hybridized carbons (Fsp3) is 0.0303. The van der Waals surface area contributed by atoms with E-state index in [9.17, 15) is 0 Å². The molecule has 0 aliphatic heterocycles. The van der Waals surface area contributed by atoms with Crippen LogP contribution in [0.25, 0.3) is 89.2 Å². The van der Waals surface area contributed by atoms with Gasteiger partial charge in [0.2, 0.25) is 0 Å². The third-order valence-corrected chi connectivity index (χ3v) is 15.4. The van der Waals surface area contributed by atoms with Crippen LogP contribution in [0.15, 0.2) is 247 Å². The summed E-state index contributed by atoms with van der Waals surface area (Å²) in [5.74, 6) is 0.707. The number of aromatic nitrogens is 2. The van der Waals surface area contributed by atoms with Gasteiger partial charge >= 0.3 is 0 Å². The van der Waals surface area contributed by atoms with Crippen LogP contribution >= 0.6 is 0 Å². The first kappa shape index (κ1) is 38.2. The second-order valence-corrected chi connectivity index (χ2v) is 18.7. The molecule has 3 aliphatic rings. The second kappa shape index (κ2) is 14.3. The summed E-state index contributed by atoms with van der Waals surface area (Å²) in [5.41, 5.74) is 23.4. The lowest BCUT2D eigenvalue weighted by Crippen LogP contribution is -2.43. The Morgan fingerprint density at radius 2 is 0.710 bits per heavy atom. The quantitative estimate of drug-likeness (QED) is 0.177. The van der Waals surface area contributed by atoms with E-state index in [0.29, 0.717) is 5.82 Å². The van der Waals surface area contributed by atoms with Crippen LogP contribution in [0.3, 0.4) is 0 Å². The van der Waals surface area contributed by atoms with Gasteiger partial charge in [0.1, 0.15) is 11.2 Å². The molecule has 3 heteroatoms. The number of rotatable bonds is 4. The zero-order valence-corrected chi connectivity index (χ0v) is 37.4. The molecular weight excluding hydrogens is 837 g/mol. The van der Waals surface area contributed by atoms with Gasteiger partial charge in [0.25, 0.3) is 0 Å². The summed E-state index contributed by atoms with van der Waals surface area (Å²) in [6.45, 7) is 0. The first-order chi connectivity index (χ1) is 34.2. The van der Waals surface area contributed by atoms with Crippen molar-refractivity contribution in [1.29, 1.82) is 0 Å². The highest BCUT2D eigenvalue weighted by molar-refractivity contribution is 6.08. The predicted octanol–water partition coefficient (Wildman–Crippen LogP) is 16.1. The third-order valence-electron chi connectivity index (χ3n) is 15.4. The first-order valence-electron chi connectivity index (χ1n) is 23.8. The van der Waals surface area contributed by atoms with Crippen molar-refractivity contribution in [3.63, 3.8) is 0 Å². The monoisotopic (exact) mass is 876 g/mol. The van der Waals surface area contributed by atoms with Crippen molar-refractivity contribution in [2.45, 2.75) is 10.8 Å². The zero-order valence-electron chi connectivity index (χ0n) is 37.4. The zero-order chi connectivity index (χ0) is 45.3. The summed E-state index contributed by atoms with van der Waals surface area (Å²) in [6, 6.07) is 88.8. The number of para-hydroxylation sites is 1. The van der Waals surface area contributed by atoms with Gasteiger partial charge < -0.3 is 4.42 Å². The van der Waals surface area contributed by atoms with E-state index in [0.717, 1.165) is 61.1 Å². The Labute approximate surface area is 399 Å². The average molecular weight is 877 g/mol. The fourth-order valence-electron chi connectivity index (χ4n) is 12.6. The van der Waals surface area contributed by atoms with Crippen LogP contribution in [0.1, 0.15) is 44.5 Å². The molecule has 320 valence electrons. The molecule has 0 unspecified atom stereocenters. The SMILES string of the molecule is c1ccc(-c2cc(-c3ccc(-c4ccc5c(c4)-c4cc6oc7ccccc7c6cc4C54c5ccccc5C5(c6ccccc6-c6ccccc65)c5ccccc54)cc3)nc(-c3ccccc3)n2)cc1. The lowest BCUT2D eigenvalue weighted by atomic mass is 9.52. The molecule has 0 saturated heterocycles. The maximum Gasteiger partial charge on any atom is 0.160 e. The van der Waals surface area contributed by atoms with E-state index in [1.54, 1.807) is 0 Å². The molecule has 0 saturated carbocycles. The maximum absolute atomic E-state index is 6.69. The number of benzene rings is 10. The molecule has 0 radical (unpaired) electrons. The molecule has 0 N–H and O–H groups in total. The minimum Gasteiger partial charge on any atom is -0.456 e. The molecule has 3 aliphatic carbocycles. The van der Waals surface area contributed by atoms with E-state index in [2.05, 4.69) is 218 Å². The lowest BCUT2D eigenvalue weighted by Gasteiger charge is -2.48. The van der Waals surface area contributed by atoms with Crippen LogP contribution in [0.4, 0.5) is 0 Å². The van der Waals surface area contributed by atoms with E-state index in [1.165, 1.54) is 66.8 Å². The number of furan rings is 1. The fourth-order valence-corrected chi connectivity index (χ4v) is 12.6. The predicted molar refractivity (Wildman–Crippen MR) is 279 cm³/mol. The average Bonchev–Trinajstić information content (AvgIpc) is 4.04. The van der Waals surface area contributed by atoms with Gasteiger partial charge in [-0.15, -0.1) is 0 Å². The minimum absolute atomic E-state index is 0.504. The maximum atomic E-state index is 6.69. The van der Waals surface area contributed by atoms with Crippen LogP contribution < -0.4 is 0 Å². The van der Waals surface area contributed by atoms with Crippen molar-refractivity contribution in [2.24, 2.45) is 0 Å². The highest BCUT2D eigenvalue weighted by atomic mass is 16.3. The van der Waals surface area contributed by atoms with Gasteiger partial charge in [-0.1, -0.05) is 212 Å². The van der Waals surface area contributed by atoms with E-state index < -0.39 is 10.8 Å². The molecule has 15 rings (SSSR count). The van der Waals surface area contributed by atoms with Crippen LogP contribution in [0, 0.1) is 0 Å². The minimum atomic E-state index is -0.621. The summed E-state index contributed by atoms with van der Waals surface area (Å²) >= 11 is 0. The summed E-state index contributed by atoms with van der Waals surface area (Å²) in [4.78, 5) is 10.2. The Hall–Kier alpha value is -8.92. The normalized spacial score (nSPS) is 14.0. The van der Waals surface area contributed by atoms with Crippen LogP contribution in [-0.2, 0) is 10.8 Å². The number of fused-ring (bicyclic) bond motifs is 19. The van der Waals surface area contributed by atoms with Crippen LogP contribution in [-0.4, -0.2) is 9.97 Å². The van der Waals surface area contributed by atoms with Crippen LogP contribution in [0.2, 0.25) is 0 Å². The van der Waals surface area contributed by atoms with E-state index in [-0.39, 0.29) is 0 Å². The summed E-state index contributed by atoms with van der Waals surface area (Å²) in [5, 5.41) is 2.26. The van der Waals surface area contributed by atoms with Crippen molar-refractivity contribution < 1.29 is 4.42 Å². The van der Waals surface area contributed by atoms with Gasteiger partial charge in [-0.3, -0.25) is 0 Å². The Kier molecular flexibility index (Phi) is 7.92. The van der Waals surface area contributed by atoms with Crippen molar-refractivity contribution in [2.75, 3.05) is 0 Å². The molecule has 0 amide bonds. The molecule has 12 aromatic rings. The van der Waals surface area contributed by atoms with Crippen molar-refractivity contribution in [3.05, 3.63) is 287 Å². The molecular formula is C66H40N2O. The van der Waals surface area contributed by atoms with Gasteiger partial charge in [-0.25, -0.2) is 9.97 Å². The van der Waals surface area contributed by atoms with Crippen molar-refractivity contribution in [1.82, 2.24) is 9.97 Å². The standard InChI is InChI=1S/C66H40N2O/c1-3-17-42(18-4-1)60-40-61(68-64(67-60)44-19-5-2-6-20-44)43-33-31-41(32-34-43)45-35-36-54-49(37-45)50-39-63-51(48-23-9-16-30-62(48)69-63)38-59(50)66(54)57-28-14-12-26-55(57)65(56-27-13-15-29-58(56)66)52-24-10-7-21-46(52)47-22-8-11-25-53(47)65/h1-40H. The summed E-state index contributed by atoms with van der Waals surface area (Å²) < 4.78 is 6.69. The molecule has 0 atom stereocenters. The van der Waals surface area contributed by atoms with Gasteiger partial charge in [-0.2, -0.15) is 0 Å². The third kappa shape index (κ3) is 5.16. The smallest absolute Gasteiger partial charge is 0.160 e. The molecule has 2 heterocycles. The van der Waals surface area contributed by atoms with E-state index in [1.807, 2.05) is 24.3 Å². The highest BCUT2D eigenvalue weighted by Gasteiger charge is 2.59. The largest absolute Gasteiger partial charge is 0.456 e. The first-order valence-corrected chi connectivity index (χ1v) is 23.8. The molecule has 3 nitrogen and oxygen atoms in total. The topological polar surface area (TPSA) is 38.9 Å².